The van der Waals surface area contributed by atoms with Crippen LogP contribution in [-0.2, 0) is 16.0 Å². The van der Waals surface area contributed by atoms with Crippen molar-refractivity contribution in [2.24, 2.45) is 0 Å². The second-order valence-corrected chi connectivity index (χ2v) is 5.94. The van der Waals surface area contributed by atoms with Gasteiger partial charge >= 0.3 is 12.1 Å². The van der Waals surface area contributed by atoms with Crippen molar-refractivity contribution in [3.8, 4) is 0 Å². The molecule has 0 radical (unpaired) electrons. The molecular formula is C15H19N3O4. The van der Waals surface area contributed by atoms with Crippen LogP contribution in [0, 0.1) is 0 Å². The molecule has 0 saturated heterocycles. The molecule has 0 aliphatic rings. The molecule has 22 heavy (non-hydrogen) atoms. The van der Waals surface area contributed by atoms with Crippen molar-refractivity contribution in [1.82, 2.24) is 15.3 Å². The number of fused-ring (bicyclic) bond motifs is 1. The second kappa shape index (κ2) is 6.05. The molecule has 0 fully saturated rings. The predicted molar refractivity (Wildman–Crippen MR) is 80.6 cm³/mol. The summed E-state index contributed by atoms with van der Waals surface area (Å²) >= 11 is 0. The summed E-state index contributed by atoms with van der Waals surface area (Å²) in [4.78, 5) is 30.4. The molecule has 118 valence electrons. The van der Waals surface area contributed by atoms with Crippen LogP contribution in [0.1, 0.15) is 26.6 Å². The fourth-order valence-electron chi connectivity index (χ4n) is 1.95. The van der Waals surface area contributed by atoms with E-state index in [0.29, 0.717) is 5.82 Å². The SMILES string of the molecule is CC(C)(C)OC(=O)N[C@@H](Cc1nc2ccccc2[nH]1)C(=O)O. The lowest BCUT2D eigenvalue weighted by atomic mass is 10.2. The fourth-order valence-corrected chi connectivity index (χ4v) is 1.95. The van der Waals surface area contributed by atoms with Crippen LogP contribution in [0.15, 0.2) is 24.3 Å². The first-order chi connectivity index (χ1) is 10.2. The lowest BCUT2D eigenvalue weighted by Gasteiger charge is -2.21. The molecule has 2 aromatic rings. The summed E-state index contributed by atoms with van der Waals surface area (Å²) in [6.45, 7) is 5.13. The number of aromatic amines is 1. The zero-order valence-electron chi connectivity index (χ0n) is 12.7. The Kier molecular flexibility index (Phi) is 4.35. The third-order valence-corrected chi connectivity index (χ3v) is 2.82. The molecule has 7 heteroatoms. The number of nitrogens with zero attached hydrogens (tertiary/aromatic N) is 1. The number of alkyl carbamates (subject to hydrolysis) is 1. The number of aromatic nitrogens is 2. The average molecular weight is 305 g/mol. The van der Waals surface area contributed by atoms with Crippen LogP contribution >= 0.6 is 0 Å². The number of hydrogen-bond donors (Lipinski definition) is 3. The van der Waals surface area contributed by atoms with Crippen LogP contribution in [0.2, 0.25) is 0 Å². The van der Waals surface area contributed by atoms with E-state index in [1.165, 1.54) is 0 Å². The molecule has 0 aliphatic carbocycles. The van der Waals surface area contributed by atoms with Crippen molar-refractivity contribution in [2.45, 2.75) is 38.8 Å². The largest absolute Gasteiger partial charge is 0.480 e. The van der Waals surface area contributed by atoms with Crippen LogP contribution in [0.25, 0.3) is 11.0 Å². The lowest BCUT2D eigenvalue weighted by molar-refractivity contribution is -0.139. The number of rotatable bonds is 4. The van der Waals surface area contributed by atoms with Gasteiger partial charge in [0.1, 0.15) is 17.5 Å². The van der Waals surface area contributed by atoms with E-state index in [1.54, 1.807) is 20.8 Å². The smallest absolute Gasteiger partial charge is 0.408 e. The number of carbonyl (C=O) groups excluding carboxylic acids is 1. The molecule has 1 aromatic heterocycles. The number of hydrogen-bond acceptors (Lipinski definition) is 4. The Balaban J connectivity index is 2.08. The highest BCUT2D eigenvalue weighted by Crippen LogP contribution is 2.12. The minimum atomic E-state index is -1.15. The van der Waals surface area contributed by atoms with Gasteiger partial charge in [-0.05, 0) is 32.9 Å². The number of H-pyrrole nitrogens is 1. The zero-order chi connectivity index (χ0) is 16.3. The van der Waals surface area contributed by atoms with Crippen LogP contribution in [0.4, 0.5) is 4.79 Å². The zero-order valence-corrected chi connectivity index (χ0v) is 12.7. The summed E-state index contributed by atoms with van der Waals surface area (Å²) in [5.74, 6) is -0.657. The Morgan fingerprint density at radius 2 is 2.05 bits per heavy atom. The molecule has 1 aromatic carbocycles. The molecule has 2 rings (SSSR count). The molecule has 0 aliphatic heterocycles. The van der Waals surface area contributed by atoms with Crippen molar-refractivity contribution < 1.29 is 19.4 Å². The third kappa shape index (κ3) is 4.21. The molecular weight excluding hydrogens is 286 g/mol. The second-order valence-electron chi connectivity index (χ2n) is 5.94. The van der Waals surface area contributed by atoms with Gasteiger partial charge in [0.2, 0.25) is 0 Å². The number of benzene rings is 1. The standard InChI is InChI=1S/C15H19N3O4/c1-15(2,3)22-14(21)18-11(13(19)20)8-12-16-9-6-4-5-7-10(9)17-12/h4-7,11H,8H2,1-3H3,(H,16,17)(H,18,21)(H,19,20)/t11-/m0/s1. The number of para-hydroxylation sites is 2. The van der Waals surface area contributed by atoms with Gasteiger partial charge in [-0.25, -0.2) is 14.6 Å². The maximum Gasteiger partial charge on any atom is 0.408 e. The summed E-state index contributed by atoms with van der Waals surface area (Å²) in [6.07, 6.45) is -0.723. The van der Waals surface area contributed by atoms with Crippen molar-refractivity contribution in [2.75, 3.05) is 0 Å². The summed E-state index contributed by atoms with van der Waals surface area (Å²) in [5.41, 5.74) is 0.879. The van der Waals surface area contributed by atoms with Crippen LogP contribution in [-0.4, -0.2) is 38.8 Å². The Hall–Kier alpha value is -2.57. The number of ether oxygens (including phenoxy) is 1. The van der Waals surface area contributed by atoms with Crippen molar-refractivity contribution in [1.29, 1.82) is 0 Å². The third-order valence-electron chi connectivity index (χ3n) is 2.82. The topological polar surface area (TPSA) is 104 Å². The van der Waals surface area contributed by atoms with E-state index in [-0.39, 0.29) is 6.42 Å². The molecule has 7 nitrogen and oxygen atoms in total. The normalized spacial score (nSPS) is 12.9. The van der Waals surface area contributed by atoms with E-state index >= 15 is 0 Å². The van der Waals surface area contributed by atoms with Gasteiger partial charge in [0.15, 0.2) is 0 Å². The van der Waals surface area contributed by atoms with Gasteiger partial charge in [-0.2, -0.15) is 0 Å². The van der Waals surface area contributed by atoms with Crippen LogP contribution in [0.3, 0.4) is 0 Å². The van der Waals surface area contributed by atoms with Gasteiger partial charge in [-0.1, -0.05) is 12.1 Å². The number of imidazole rings is 1. The highest BCUT2D eigenvalue weighted by atomic mass is 16.6. The van der Waals surface area contributed by atoms with E-state index in [4.69, 9.17) is 4.74 Å². The maximum absolute atomic E-state index is 11.7. The maximum atomic E-state index is 11.7. The van der Waals surface area contributed by atoms with E-state index in [9.17, 15) is 14.7 Å². The van der Waals surface area contributed by atoms with Gasteiger partial charge in [0, 0.05) is 6.42 Å². The number of carboxylic acids is 1. The average Bonchev–Trinajstić information content (AvgIpc) is 2.77. The van der Waals surface area contributed by atoms with Crippen LogP contribution < -0.4 is 5.32 Å². The summed E-state index contributed by atoms with van der Waals surface area (Å²) in [6, 6.07) is 6.27. The molecule has 1 atom stereocenters. The molecule has 0 bridgehead atoms. The number of aliphatic carboxylic acids is 1. The molecule has 1 amide bonds. The van der Waals surface area contributed by atoms with Gasteiger partial charge in [0.05, 0.1) is 11.0 Å². The first-order valence-corrected chi connectivity index (χ1v) is 6.90. The molecule has 1 heterocycles. The van der Waals surface area contributed by atoms with E-state index in [2.05, 4.69) is 15.3 Å². The molecule has 0 saturated carbocycles. The number of amides is 1. The Morgan fingerprint density at radius 3 is 2.64 bits per heavy atom. The molecule has 0 unspecified atom stereocenters. The Labute approximate surface area is 127 Å². The Morgan fingerprint density at radius 1 is 1.36 bits per heavy atom. The summed E-state index contributed by atoms with van der Waals surface area (Å²) in [7, 11) is 0. The van der Waals surface area contributed by atoms with Gasteiger partial charge < -0.3 is 20.1 Å². The molecule has 3 N–H and O–H groups in total. The van der Waals surface area contributed by atoms with Gasteiger partial charge in [-0.3, -0.25) is 0 Å². The van der Waals surface area contributed by atoms with E-state index < -0.39 is 23.7 Å². The van der Waals surface area contributed by atoms with E-state index in [1.807, 2.05) is 24.3 Å². The quantitative estimate of drug-likeness (QED) is 0.802. The van der Waals surface area contributed by atoms with Crippen LogP contribution in [0.5, 0.6) is 0 Å². The predicted octanol–water partition coefficient (Wildman–Crippen LogP) is 2.08. The molecule has 0 spiro atoms. The first-order valence-electron chi connectivity index (χ1n) is 6.90. The minimum Gasteiger partial charge on any atom is -0.480 e. The Bertz CT molecular complexity index is 654. The first kappa shape index (κ1) is 15.8. The van der Waals surface area contributed by atoms with E-state index in [0.717, 1.165) is 11.0 Å². The summed E-state index contributed by atoms with van der Waals surface area (Å²) < 4.78 is 5.07. The fraction of sp³-hybridized carbons (Fsp3) is 0.400. The highest BCUT2D eigenvalue weighted by Gasteiger charge is 2.25. The van der Waals surface area contributed by atoms with Gasteiger partial charge in [-0.15, -0.1) is 0 Å². The number of nitrogens with one attached hydrogen (secondary N) is 2. The summed E-state index contributed by atoms with van der Waals surface area (Å²) in [5, 5.41) is 11.6. The lowest BCUT2D eigenvalue weighted by Crippen LogP contribution is -2.44. The van der Waals surface area contributed by atoms with Gasteiger partial charge in [0.25, 0.3) is 0 Å². The van der Waals surface area contributed by atoms with Crippen molar-refractivity contribution in [3.63, 3.8) is 0 Å². The van der Waals surface area contributed by atoms with Crippen molar-refractivity contribution >= 4 is 23.1 Å². The number of carboxylic acid groups (broad SMARTS) is 1. The minimum absolute atomic E-state index is 0.0449. The monoisotopic (exact) mass is 305 g/mol. The van der Waals surface area contributed by atoms with Crippen molar-refractivity contribution in [3.05, 3.63) is 30.1 Å². The highest BCUT2D eigenvalue weighted by molar-refractivity contribution is 5.80. The number of carbonyl (C=O) groups is 2.